The van der Waals surface area contributed by atoms with Crippen molar-refractivity contribution in [2.75, 3.05) is 6.54 Å². The van der Waals surface area contributed by atoms with Gasteiger partial charge < -0.3 is 10.0 Å². The van der Waals surface area contributed by atoms with Crippen LogP contribution < -0.4 is 0 Å². The monoisotopic (exact) mass is 277 g/mol. The molecular weight excluding hydrogens is 262 g/mol. The summed E-state index contributed by atoms with van der Waals surface area (Å²) in [6.07, 6.45) is 6.17. The average molecular weight is 277 g/mol. The predicted molar refractivity (Wildman–Crippen MR) is 73.2 cm³/mol. The summed E-state index contributed by atoms with van der Waals surface area (Å²) in [4.78, 5) is 26.3. The highest BCUT2D eigenvalue weighted by Crippen LogP contribution is 2.38. The SMILES string of the molecule is O=C(O)/C=C/c1ccc(C(=O)N2CC3CCC2C3)s1. The molecule has 0 aromatic carbocycles. The number of nitrogens with zero attached hydrogens (tertiary/aromatic N) is 1. The molecule has 2 heterocycles. The van der Waals surface area contributed by atoms with Gasteiger partial charge in [0, 0.05) is 23.5 Å². The lowest BCUT2D eigenvalue weighted by atomic mass is 10.1. The number of amides is 1. The zero-order valence-electron chi connectivity index (χ0n) is 10.4. The zero-order chi connectivity index (χ0) is 13.4. The van der Waals surface area contributed by atoms with Crippen molar-refractivity contribution in [1.29, 1.82) is 0 Å². The normalized spacial score (nSPS) is 25.4. The number of carbonyl (C=O) groups is 2. The van der Waals surface area contributed by atoms with Crippen LogP contribution in [0.1, 0.15) is 33.8 Å². The van der Waals surface area contributed by atoms with Gasteiger partial charge in [-0.1, -0.05) is 0 Å². The summed E-state index contributed by atoms with van der Waals surface area (Å²) >= 11 is 1.36. The Kier molecular flexibility index (Phi) is 3.14. The Hall–Kier alpha value is -1.62. The van der Waals surface area contributed by atoms with Crippen LogP contribution in [-0.2, 0) is 4.79 Å². The van der Waals surface area contributed by atoms with Gasteiger partial charge in [0.15, 0.2) is 0 Å². The Bertz CT molecular complexity index is 549. The molecule has 2 unspecified atom stereocenters. The number of hydrogen-bond acceptors (Lipinski definition) is 3. The number of hydrogen-bond donors (Lipinski definition) is 1. The smallest absolute Gasteiger partial charge is 0.328 e. The van der Waals surface area contributed by atoms with Crippen molar-refractivity contribution in [3.8, 4) is 0 Å². The molecule has 1 aromatic heterocycles. The van der Waals surface area contributed by atoms with Gasteiger partial charge in [0.25, 0.3) is 5.91 Å². The van der Waals surface area contributed by atoms with E-state index in [4.69, 9.17) is 5.11 Å². The molecule has 1 N–H and O–H groups in total. The van der Waals surface area contributed by atoms with E-state index in [1.54, 1.807) is 12.1 Å². The van der Waals surface area contributed by atoms with E-state index in [0.717, 1.165) is 30.3 Å². The molecule has 1 saturated heterocycles. The maximum Gasteiger partial charge on any atom is 0.328 e. The first-order valence-corrected chi connectivity index (χ1v) is 7.27. The third-order valence-corrected chi connectivity index (χ3v) is 4.94. The summed E-state index contributed by atoms with van der Waals surface area (Å²) in [6.45, 7) is 0.891. The number of piperidine rings is 1. The fraction of sp³-hybridized carbons (Fsp3) is 0.429. The zero-order valence-corrected chi connectivity index (χ0v) is 11.2. The Morgan fingerprint density at radius 3 is 2.84 bits per heavy atom. The van der Waals surface area contributed by atoms with Gasteiger partial charge in [-0.15, -0.1) is 11.3 Å². The molecule has 5 heteroatoms. The van der Waals surface area contributed by atoms with Crippen LogP contribution in [0.5, 0.6) is 0 Å². The minimum Gasteiger partial charge on any atom is -0.478 e. The summed E-state index contributed by atoms with van der Waals surface area (Å²) in [5.74, 6) is -0.175. The van der Waals surface area contributed by atoms with Gasteiger partial charge in [-0.2, -0.15) is 0 Å². The van der Waals surface area contributed by atoms with Crippen molar-refractivity contribution in [2.45, 2.75) is 25.3 Å². The van der Waals surface area contributed by atoms with Crippen LogP contribution in [-0.4, -0.2) is 34.5 Å². The van der Waals surface area contributed by atoms with E-state index in [1.165, 1.54) is 23.8 Å². The van der Waals surface area contributed by atoms with Gasteiger partial charge in [-0.05, 0) is 43.4 Å². The molecule has 0 spiro atoms. The van der Waals surface area contributed by atoms with Crippen LogP contribution in [0.3, 0.4) is 0 Å². The second-order valence-corrected chi connectivity index (χ2v) is 6.28. The van der Waals surface area contributed by atoms with Gasteiger partial charge >= 0.3 is 5.97 Å². The van der Waals surface area contributed by atoms with Gasteiger partial charge in [0.05, 0.1) is 4.88 Å². The second kappa shape index (κ2) is 4.81. The average Bonchev–Trinajstić information content (AvgIpc) is 3.11. The van der Waals surface area contributed by atoms with Gasteiger partial charge in [-0.3, -0.25) is 4.79 Å². The molecule has 19 heavy (non-hydrogen) atoms. The molecule has 3 rings (SSSR count). The Morgan fingerprint density at radius 2 is 2.21 bits per heavy atom. The second-order valence-electron chi connectivity index (χ2n) is 5.16. The number of carbonyl (C=O) groups excluding carboxylic acids is 1. The molecule has 2 bridgehead atoms. The molecule has 2 fully saturated rings. The first-order chi connectivity index (χ1) is 9.13. The molecule has 0 radical (unpaired) electrons. The van der Waals surface area contributed by atoms with E-state index < -0.39 is 5.97 Å². The summed E-state index contributed by atoms with van der Waals surface area (Å²) in [6, 6.07) is 4.02. The van der Waals surface area contributed by atoms with Gasteiger partial charge in [0.1, 0.15) is 0 Å². The largest absolute Gasteiger partial charge is 0.478 e. The number of carboxylic acid groups (broad SMARTS) is 1. The molecule has 1 aromatic rings. The Balaban J connectivity index is 1.72. The van der Waals surface area contributed by atoms with Crippen molar-refractivity contribution in [2.24, 2.45) is 5.92 Å². The van der Waals surface area contributed by atoms with Crippen LogP contribution in [0.4, 0.5) is 0 Å². The number of carboxylic acids is 1. The van der Waals surface area contributed by atoms with Gasteiger partial charge in [0.2, 0.25) is 0 Å². The molecular formula is C14H15NO3S. The molecule has 4 nitrogen and oxygen atoms in total. The van der Waals surface area contributed by atoms with E-state index in [0.29, 0.717) is 16.8 Å². The van der Waals surface area contributed by atoms with Crippen LogP contribution in [0, 0.1) is 5.92 Å². The minimum atomic E-state index is -0.974. The number of aliphatic carboxylic acids is 1. The van der Waals surface area contributed by atoms with E-state index >= 15 is 0 Å². The lowest BCUT2D eigenvalue weighted by Crippen LogP contribution is -2.37. The van der Waals surface area contributed by atoms with Crippen molar-refractivity contribution < 1.29 is 14.7 Å². The lowest BCUT2D eigenvalue weighted by Gasteiger charge is -2.26. The predicted octanol–water partition coefficient (Wildman–Crippen LogP) is 2.47. The maximum atomic E-state index is 12.4. The highest BCUT2D eigenvalue weighted by molar-refractivity contribution is 7.14. The van der Waals surface area contributed by atoms with Crippen LogP contribution in [0.15, 0.2) is 18.2 Å². The van der Waals surface area contributed by atoms with Crippen LogP contribution in [0.2, 0.25) is 0 Å². The minimum absolute atomic E-state index is 0.104. The molecule has 100 valence electrons. The topological polar surface area (TPSA) is 57.6 Å². The van der Waals surface area contributed by atoms with Crippen LogP contribution in [0.25, 0.3) is 6.08 Å². The molecule has 1 aliphatic heterocycles. The number of likely N-dealkylation sites (tertiary alicyclic amines) is 1. The molecule has 1 aliphatic carbocycles. The van der Waals surface area contributed by atoms with E-state index in [1.807, 2.05) is 4.90 Å². The number of thiophene rings is 1. The highest BCUT2D eigenvalue weighted by Gasteiger charge is 2.40. The number of fused-ring (bicyclic) bond motifs is 2. The lowest BCUT2D eigenvalue weighted by molar-refractivity contribution is -0.131. The third-order valence-electron chi connectivity index (χ3n) is 3.90. The van der Waals surface area contributed by atoms with E-state index in [-0.39, 0.29) is 5.91 Å². The van der Waals surface area contributed by atoms with Gasteiger partial charge in [-0.25, -0.2) is 4.79 Å². The fourth-order valence-corrected chi connectivity index (χ4v) is 3.89. The quantitative estimate of drug-likeness (QED) is 0.863. The van der Waals surface area contributed by atoms with E-state index in [9.17, 15) is 9.59 Å². The van der Waals surface area contributed by atoms with Crippen molar-refractivity contribution in [1.82, 2.24) is 4.90 Å². The molecule has 1 saturated carbocycles. The first kappa shape index (κ1) is 12.4. The number of rotatable bonds is 3. The Labute approximate surface area is 115 Å². The van der Waals surface area contributed by atoms with E-state index in [2.05, 4.69) is 0 Å². The summed E-state index contributed by atoms with van der Waals surface area (Å²) in [5.41, 5.74) is 0. The molecule has 1 amide bonds. The summed E-state index contributed by atoms with van der Waals surface area (Å²) < 4.78 is 0. The van der Waals surface area contributed by atoms with Crippen molar-refractivity contribution in [3.63, 3.8) is 0 Å². The van der Waals surface area contributed by atoms with Crippen molar-refractivity contribution >= 4 is 29.3 Å². The molecule has 2 atom stereocenters. The highest BCUT2D eigenvalue weighted by atomic mass is 32.1. The fourth-order valence-electron chi connectivity index (χ4n) is 3.03. The summed E-state index contributed by atoms with van der Waals surface area (Å²) in [5, 5.41) is 8.58. The Morgan fingerprint density at radius 1 is 1.37 bits per heavy atom. The van der Waals surface area contributed by atoms with Crippen molar-refractivity contribution in [3.05, 3.63) is 28.0 Å². The standard InChI is InChI=1S/C14H15NO3S/c16-13(17)6-4-11-3-5-12(19-11)14(18)15-8-9-1-2-10(15)7-9/h3-6,9-10H,1-2,7-8H2,(H,16,17)/b6-4+. The third kappa shape index (κ3) is 2.42. The molecule has 2 aliphatic rings. The maximum absolute atomic E-state index is 12.4. The summed E-state index contributed by atoms with van der Waals surface area (Å²) in [7, 11) is 0. The first-order valence-electron chi connectivity index (χ1n) is 6.45. The van der Waals surface area contributed by atoms with Crippen LogP contribution >= 0.6 is 11.3 Å².